The quantitative estimate of drug-likeness (QED) is 0.199. The summed E-state index contributed by atoms with van der Waals surface area (Å²) in [5.41, 5.74) is 2.17. The van der Waals surface area contributed by atoms with Crippen LogP contribution in [0.4, 0.5) is 0 Å². The van der Waals surface area contributed by atoms with Gasteiger partial charge in [0.2, 0.25) is 0 Å². The van der Waals surface area contributed by atoms with Crippen LogP contribution >= 0.6 is 0 Å². The van der Waals surface area contributed by atoms with Crippen LogP contribution in [0.3, 0.4) is 0 Å². The number of carbonyl (C=O) groups is 3. The Balaban J connectivity index is 2.12. The Bertz CT molecular complexity index is 1050. The normalized spacial score (nSPS) is 13.0. The second kappa shape index (κ2) is 12.0. The molecule has 1 unspecified atom stereocenters. The molecule has 0 bridgehead atoms. The first kappa shape index (κ1) is 26.5. The topological polar surface area (TPSA) is 128 Å². The van der Waals surface area contributed by atoms with Crippen LogP contribution in [-0.2, 0) is 20.9 Å². The highest BCUT2D eigenvalue weighted by molar-refractivity contribution is 6.12. The Kier molecular flexibility index (Phi) is 9.33. The monoisotopic (exact) mass is 467 g/mol. The third-order valence-electron chi connectivity index (χ3n) is 5.42. The number of hydrogen-bond donors (Lipinski definition) is 4. The molecule has 3 amide bonds. The van der Waals surface area contributed by atoms with Crippen LogP contribution in [0.2, 0.25) is 0 Å². The number of hydroxylamine groups is 1. The first-order valence-corrected chi connectivity index (χ1v) is 10.6. The van der Waals surface area contributed by atoms with Crippen LogP contribution in [0, 0.1) is 11.8 Å². The van der Waals surface area contributed by atoms with Crippen molar-refractivity contribution in [2.24, 2.45) is 0 Å². The number of carbonyl (C=O) groups excluding carboxylic acids is 3. The summed E-state index contributed by atoms with van der Waals surface area (Å²) in [6, 6.07) is 14.0. The van der Waals surface area contributed by atoms with Crippen molar-refractivity contribution in [2.45, 2.75) is 32.1 Å². The predicted octanol–water partition coefficient (Wildman–Crippen LogP) is 1.07. The maximum atomic E-state index is 12.9. The van der Waals surface area contributed by atoms with E-state index in [1.54, 1.807) is 31.2 Å². The van der Waals surface area contributed by atoms with Crippen LogP contribution in [-0.4, -0.2) is 65.3 Å². The van der Waals surface area contributed by atoms with Gasteiger partial charge in [0.25, 0.3) is 17.7 Å². The minimum absolute atomic E-state index is 0.0321. The van der Waals surface area contributed by atoms with E-state index in [1.807, 2.05) is 24.3 Å². The molecule has 0 fully saturated rings. The molecular formula is C25H29N3O6. The van der Waals surface area contributed by atoms with Crippen molar-refractivity contribution in [1.82, 2.24) is 15.7 Å². The highest BCUT2D eigenvalue weighted by Gasteiger charge is 2.47. The molecule has 0 saturated carbocycles. The zero-order valence-electron chi connectivity index (χ0n) is 19.6. The number of benzene rings is 2. The number of amides is 3. The maximum Gasteiger partial charge on any atom is 0.278 e. The van der Waals surface area contributed by atoms with E-state index < -0.39 is 23.3 Å². The van der Waals surface area contributed by atoms with E-state index in [-0.39, 0.29) is 18.3 Å². The lowest BCUT2D eigenvalue weighted by molar-refractivity contribution is -0.148. The fraction of sp³-hybridized carbons (Fsp3) is 0.320. The molecule has 9 heteroatoms. The summed E-state index contributed by atoms with van der Waals surface area (Å²) in [7, 11) is 2.63. The predicted molar refractivity (Wildman–Crippen MR) is 125 cm³/mol. The molecule has 0 aliphatic rings. The highest BCUT2D eigenvalue weighted by atomic mass is 16.5. The fourth-order valence-electron chi connectivity index (χ4n) is 2.97. The summed E-state index contributed by atoms with van der Waals surface area (Å²) < 4.78 is 5.48. The zero-order chi connectivity index (χ0) is 25.3. The van der Waals surface area contributed by atoms with E-state index in [9.17, 15) is 14.4 Å². The van der Waals surface area contributed by atoms with Crippen molar-refractivity contribution in [3.05, 3.63) is 70.8 Å². The Morgan fingerprint density at radius 1 is 1.03 bits per heavy atom. The zero-order valence-corrected chi connectivity index (χ0v) is 19.6. The van der Waals surface area contributed by atoms with Crippen molar-refractivity contribution in [1.29, 1.82) is 0 Å². The third-order valence-corrected chi connectivity index (χ3v) is 5.42. The average Bonchev–Trinajstić information content (AvgIpc) is 2.88. The van der Waals surface area contributed by atoms with Gasteiger partial charge in [0, 0.05) is 30.8 Å². The lowest BCUT2D eigenvalue weighted by Gasteiger charge is -2.34. The summed E-state index contributed by atoms with van der Waals surface area (Å²) in [6.45, 7) is 3.40. The van der Waals surface area contributed by atoms with Gasteiger partial charge in [0.1, 0.15) is 0 Å². The van der Waals surface area contributed by atoms with Gasteiger partial charge in [-0.15, -0.1) is 0 Å². The number of nitrogens with zero attached hydrogens (tertiary/aromatic N) is 1. The summed E-state index contributed by atoms with van der Waals surface area (Å²) in [5, 5.41) is 20.4. The number of hydrogen-bond acceptors (Lipinski definition) is 6. The van der Waals surface area contributed by atoms with Gasteiger partial charge < -0.3 is 20.1 Å². The molecule has 0 saturated heterocycles. The summed E-state index contributed by atoms with van der Waals surface area (Å²) >= 11 is 0. The van der Waals surface area contributed by atoms with Crippen LogP contribution in [0.25, 0.3) is 0 Å². The van der Waals surface area contributed by atoms with E-state index in [4.69, 9.17) is 15.1 Å². The molecule has 0 aliphatic carbocycles. The molecule has 0 radical (unpaired) electrons. The van der Waals surface area contributed by atoms with Crippen molar-refractivity contribution in [2.75, 3.05) is 20.7 Å². The van der Waals surface area contributed by atoms with Crippen LogP contribution < -0.4 is 10.8 Å². The fourth-order valence-corrected chi connectivity index (χ4v) is 2.97. The standard InChI is InChI=1S/C25H29N3O6/c1-17(15-29)34-16-20-9-7-18(8-10-20)5-6-19-11-13-21(14-12-19)22(30)28(4)25(2,23(31)26-3)24(32)27-33/h7-14,17,29,33H,15-16H2,1-4H3,(H,26,31)(H,27,32)/t17?,25-/m0/s1. The Morgan fingerprint density at radius 3 is 2.03 bits per heavy atom. The second-order valence-electron chi connectivity index (χ2n) is 7.78. The molecule has 0 heterocycles. The number of ether oxygens (including phenoxy) is 1. The van der Waals surface area contributed by atoms with E-state index in [1.165, 1.54) is 26.5 Å². The highest BCUT2D eigenvalue weighted by Crippen LogP contribution is 2.18. The lowest BCUT2D eigenvalue weighted by Crippen LogP contribution is -2.64. The summed E-state index contributed by atoms with van der Waals surface area (Å²) in [5.74, 6) is 3.70. The molecule has 2 atom stereocenters. The van der Waals surface area contributed by atoms with E-state index in [2.05, 4.69) is 17.2 Å². The number of rotatable bonds is 8. The van der Waals surface area contributed by atoms with Gasteiger partial charge in [-0.3, -0.25) is 19.6 Å². The molecule has 34 heavy (non-hydrogen) atoms. The van der Waals surface area contributed by atoms with Crippen molar-refractivity contribution < 1.29 is 29.4 Å². The van der Waals surface area contributed by atoms with E-state index in [0.29, 0.717) is 12.2 Å². The molecular weight excluding hydrogens is 438 g/mol. The van der Waals surface area contributed by atoms with Gasteiger partial charge in [0.15, 0.2) is 5.54 Å². The van der Waals surface area contributed by atoms with Crippen molar-refractivity contribution in [3.8, 4) is 11.8 Å². The Labute approximate surface area is 198 Å². The molecule has 0 aromatic heterocycles. The largest absolute Gasteiger partial charge is 0.394 e. The Morgan fingerprint density at radius 2 is 1.56 bits per heavy atom. The van der Waals surface area contributed by atoms with Gasteiger partial charge in [0.05, 0.1) is 19.3 Å². The van der Waals surface area contributed by atoms with Gasteiger partial charge >= 0.3 is 0 Å². The summed E-state index contributed by atoms with van der Waals surface area (Å²) in [4.78, 5) is 38.3. The van der Waals surface area contributed by atoms with E-state index in [0.717, 1.165) is 16.0 Å². The number of likely N-dealkylation sites (N-methyl/N-ethyl adjacent to an activating group) is 2. The van der Waals surface area contributed by atoms with Crippen LogP contribution in [0.1, 0.15) is 40.9 Å². The molecule has 2 aromatic rings. The smallest absolute Gasteiger partial charge is 0.278 e. The Hall–Kier alpha value is -3.71. The first-order chi connectivity index (χ1) is 16.2. The van der Waals surface area contributed by atoms with Gasteiger partial charge in [-0.05, 0) is 55.8 Å². The van der Waals surface area contributed by atoms with Gasteiger partial charge in [-0.2, -0.15) is 0 Å². The second-order valence-corrected chi connectivity index (χ2v) is 7.78. The van der Waals surface area contributed by atoms with E-state index >= 15 is 0 Å². The van der Waals surface area contributed by atoms with Gasteiger partial charge in [-0.25, -0.2) is 5.48 Å². The van der Waals surface area contributed by atoms with Crippen molar-refractivity contribution in [3.63, 3.8) is 0 Å². The molecule has 4 N–H and O–H groups in total. The minimum Gasteiger partial charge on any atom is -0.394 e. The van der Waals surface area contributed by atoms with Crippen LogP contribution in [0.15, 0.2) is 48.5 Å². The molecule has 2 rings (SSSR count). The number of aliphatic hydroxyl groups excluding tert-OH is 1. The van der Waals surface area contributed by atoms with Gasteiger partial charge in [-0.1, -0.05) is 24.0 Å². The third kappa shape index (κ3) is 6.20. The first-order valence-electron chi connectivity index (χ1n) is 10.6. The summed E-state index contributed by atoms with van der Waals surface area (Å²) in [6.07, 6.45) is -0.224. The van der Waals surface area contributed by atoms with Crippen LogP contribution in [0.5, 0.6) is 0 Å². The average molecular weight is 468 g/mol. The minimum atomic E-state index is -1.95. The molecule has 9 nitrogen and oxygen atoms in total. The number of nitrogens with one attached hydrogen (secondary N) is 2. The SMILES string of the molecule is CNC(=O)[C@@](C)(C(=O)NO)N(C)C(=O)c1ccc(C#Cc2ccc(COC(C)CO)cc2)cc1. The molecule has 0 spiro atoms. The molecule has 180 valence electrons. The lowest BCUT2D eigenvalue weighted by atomic mass is 9.96. The van der Waals surface area contributed by atoms with Crippen molar-refractivity contribution >= 4 is 17.7 Å². The molecule has 2 aromatic carbocycles. The molecule has 0 aliphatic heterocycles. The number of aliphatic hydroxyl groups is 1. The maximum absolute atomic E-state index is 12.9.